The lowest BCUT2D eigenvalue weighted by Crippen LogP contribution is -2.21. The molecule has 0 heterocycles. The summed E-state index contributed by atoms with van der Waals surface area (Å²) in [6.45, 7) is 4.50. The molecule has 0 aliphatic rings. The van der Waals surface area contributed by atoms with Gasteiger partial charge in [-0.1, -0.05) is 153 Å². The second kappa shape index (κ2) is 26.5. The quantitative estimate of drug-likeness (QED) is 0.0739. The summed E-state index contributed by atoms with van der Waals surface area (Å²) in [6.07, 6.45) is 38.4. The summed E-state index contributed by atoms with van der Waals surface area (Å²) >= 11 is 0. The predicted octanol–water partition coefficient (Wildman–Crippen LogP) is 12.3. The third-order valence-corrected chi connectivity index (χ3v) is 10.4. The average Bonchev–Trinajstić information content (AvgIpc) is 2.97. The number of sulfone groups is 1. The Labute approximate surface area is 250 Å². The molecule has 1 unspecified atom stereocenters. The highest BCUT2D eigenvalue weighted by Crippen LogP contribution is 2.25. The molecule has 0 aliphatic heterocycles. The molecule has 0 aliphatic carbocycles. The van der Waals surface area contributed by atoms with Gasteiger partial charge in [0.1, 0.15) is 0 Å². The fraction of sp³-hybridized carbons (Fsp3) is 0.730. The van der Waals surface area contributed by atoms with Crippen molar-refractivity contribution >= 4 is 9.84 Å². The number of hydrogen-bond donors (Lipinski definition) is 0. The van der Waals surface area contributed by atoms with Crippen molar-refractivity contribution in [2.24, 2.45) is 0 Å². The molecule has 0 saturated carbocycles. The number of rotatable bonds is 28. The Kier molecular flexibility index (Phi) is 24.3. The van der Waals surface area contributed by atoms with Crippen molar-refractivity contribution < 1.29 is 8.42 Å². The van der Waals surface area contributed by atoms with Crippen LogP contribution in [0.3, 0.4) is 0 Å². The average molecular weight is 573 g/mol. The van der Waals surface area contributed by atoms with Gasteiger partial charge in [-0.25, -0.2) is 8.42 Å². The monoisotopic (exact) mass is 572 g/mol. The van der Waals surface area contributed by atoms with Crippen LogP contribution in [-0.2, 0) is 9.84 Å². The fourth-order valence-corrected chi connectivity index (χ4v) is 7.30. The van der Waals surface area contributed by atoms with Crippen molar-refractivity contribution in [1.29, 1.82) is 0 Å². The van der Waals surface area contributed by atoms with Gasteiger partial charge in [0.2, 0.25) is 0 Å². The van der Waals surface area contributed by atoms with Gasteiger partial charge in [-0.3, -0.25) is 0 Å². The molecule has 0 amide bonds. The standard InChI is InChI=1S/C37H64O2S/c1-3-5-7-9-11-13-15-17-18-20-22-24-26-29-33-36(40(38,39)37-34-30-27-31-35-37)32-28-25-23-21-19-16-14-12-10-8-6-4-2/h9,11-12,14,27,30-31,34-36H,3-8,10,13,15-26,28-29,32-33H2,1-2H3/b11-9-,14-12-. The number of benzene rings is 1. The van der Waals surface area contributed by atoms with Gasteiger partial charge in [0.05, 0.1) is 10.1 Å². The van der Waals surface area contributed by atoms with E-state index in [1.807, 2.05) is 18.2 Å². The lowest BCUT2D eigenvalue weighted by molar-refractivity contribution is 0.509. The highest BCUT2D eigenvalue weighted by Gasteiger charge is 2.26. The van der Waals surface area contributed by atoms with Gasteiger partial charge >= 0.3 is 0 Å². The first kappa shape index (κ1) is 36.7. The molecule has 0 bridgehead atoms. The van der Waals surface area contributed by atoms with Crippen LogP contribution in [0.1, 0.15) is 168 Å². The maximum atomic E-state index is 13.4. The molecule has 0 saturated heterocycles. The van der Waals surface area contributed by atoms with E-state index in [9.17, 15) is 8.42 Å². The van der Waals surface area contributed by atoms with Crippen molar-refractivity contribution in [1.82, 2.24) is 0 Å². The second-order valence-corrected chi connectivity index (χ2v) is 14.0. The Morgan fingerprint density at radius 2 is 0.875 bits per heavy atom. The van der Waals surface area contributed by atoms with E-state index in [1.54, 1.807) is 12.1 Å². The van der Waals surface area contributed by atoms with Crippen LogP contribution in [0.5, 0.6) is 0 Å². The largest absolute Gasteiger partial charge is 0.223 e. The maximum Gasteiger partial charge on any atom is 0.181 e. The van der Waals surface area contributed by atoms with Gasteiger partial charge in [-0.2, -0.15) is 0 Å². The molecule has 0 fully saturated rings. The van der Waals surface area contributed by atoms with Crippen molar-refractivity contribution in [3.05, 3.63) is 54.6 Å². The molecule has 1 aromatic carbocycles. The zero-order chi connectivity index (χ0) is 29.0. The lowest BCUT2D eigenvalue weighted by atomic mass is 10.0. The van der Waals surface area contributed by atoms with E-state index >= 15 is 0 Å². The molecule has 3 heteroatoms. The van der Waals surface area contributed by atoms with Gasteiger partial charge in [-0.15, -0.1) is 0 Å². The van der Waals surface area contributed by atoms with E-state index in [0.717, 1.165) is 38.5 Å². The first-order valence-electron chi connectivity index (χ1n) is 17.2. The van der Waals surface area contributed by atoms with E-state index in [4.69, 9.17) is 0 Å². The minimum Gasteiger partial charge on any atom is -0.223 e. The Balaban J connectivity index is 2.25. The Hall–Kier alpha value is -1.35. The van der Waals surface area contributed by atoms with Gasteiger partial charge in [0.15, 0.2) is 9.84 Å². The van der Waals surface area contributed by atoms with Crippen LogP contribution >= 0.6 is 0 Å². The summed E-state index contributed by atoms with van der Waals surface area (Å²) in [5.74, 6) is 0. The zero-order valence-corrected chi connectivity index (χ0v) is 27.3. The van der Waals surface area contributed by atoms with Gasteiger partial charge < -0.3 is 0 Å². The second-order valence-electron chi connectivity index (χ2n) is 11.8. The van der Waals surface area contributed by atoms with E-state index < -0.39 is 9.84 Å². The summed E-state index contributed by atoms with van der Waals surface area (Å²) in [5, 5.41) is -0.230. The number of unbranched alkanes of at least 4 members (excludes halogenated alkanes) is 18. The number of hydrogen-bond acceptors (Lipinski definition) is 2. The van der Waals surface area contributed by atoms with Crippen molar-refractivity contribution in [3.8, 4) is 0 Å². The van der Waals surface area contributed by atoms with E-state index in [-0.39, 0.29) is 5.25 Å². The van der Waals surface area contributed by atoms with Crippen molar-refractivity contribution in [2.45, 2.75) is 178 Å². The van der Waals surface area contributed by atoms with Crippen LogP contribution in [0, 0.1) is 0 Å². The summed E-state index contributed by atoms with van der Waals surface area (Å²) in [6, 6.07) is 9.16. The summed E-state index contributed by atoms with van der Waals surface area (Å²) in [5.41, 5.74) is 0. The molecule has 1 atom stereocenters. The highest BCUT2D eigenvalue weighted by molar-refractivity contribution is 7.92. The Morgan fingerprint density at radius 1 is 0.500 bits per heavy atom. The summed E-state index contributed by atoms with van der Waals surface area (Å²) in [4.78, 5) is 0.505. The molecule has 0 radical (unpaired) electrons. The Morgan fingerprint density at radius 3 is 1.32 bits per heavy atom. The van der Waals surface area contributed by atoms with Crippen LogP contribution < -0.4 is 0 Å². The van der Waals surface area contributed by atoms with E-state index in [2.05, 4.69) is 38.2 Å². The molecular weight excluding hydrogens is 508 g/mol. The molecule has 40 heavy (non-hydrogen) atoms. The number of allylic oxidation sites excluding steroid dienone is 4. The topological polar surface area (TPSA) is 34.1 Å². The van der Waals surface area contributed by atoms with E-state index in [1.165, 1.54) is 116 Å². The van der Waals surface area contributed by atoms with Gasteiger partial charge in [-0.05, 0) is 69.9 Å². The predicted molar refractivity (Wildman–Crippen MR) is 178 cm³/mol. The first-order chi connectivity index (χ1) is 19.6. The fourth-order valence-electron chi connectivity index (χ4n) is 5.42. The maximum absolute atomic E-state index is 13.4. The van der Waals surface area contributed by atoms with E-state index in [0.29, 0.717) is 4.90 Å². The van der Waals surface area contributed by atoms with Crippen LogP contribution in [-0.4, -0.2) is 13.7 Å². The minimum absolute atomic E-state index is 0.230. The molecule has 2 nitrogen and oxygen atoms in total. The SMILES string of the molecule is CCCC/C=C\CCCCCCCCCCC(CCCCCCC/C=C\CCCCC)S(=O)(=O)c1ccccc1. The zero-order valence-electron chi connectivity index (χ0n) is 26.5. The molecular formula is C37H64O2S. The third-order valence-electron chi connectivity index (χ3n) is 8.09. The molecule has 230 valence electrons. The lowest BCUT2D eigenvalue weighted by Gasteiger charge is -2.18. The van der Waals surface area contributed by atoms with Gasteiger partial charge in [0.25, 0.3) is 0 Å². The molecule has 1 rings (SSSR count). The highest BCUT2D eigenvalue weighted by atomic mass is 32.2. The van der Waals surface area contributed by atoms with Crippen LogP contribution in [0.4, 0.5) is 0 Å². The smallest absolute Gasteiger partial charge is 0.181 e. The Bertz CT molecular complexity index is 825. The molecule has 0 N–H and O–H groups in total. The van der Waals surface area contributed by atoms with Crippen LogP contribution in [0.2, 0.25) is 0 Å². The van der Waals surface area contributed by atoms with Crippen LogP contribution in [0.25, 0.3) is 0 Å². The molecule has 1 aromatic rings. The summed E-state index contributed by atoms with van der Waals surface area (Å²) in [7, 11) is -3.25. The molecule has 0 aromatic heterocycles. The van der Waals surface area contributed by atoms with Crippen LogP contribution in [0.15, 0.2) is 59.5 Å². The minimum atomic E-state index is -3.25. The van der Waals surface area contributed by atoms with Gasteiger partial charge in [0, 0.05) is 0 Å². The third kappa shape index (κ3) is 19.7. The first-order valence-corrected chi connectivity index (χ1v) is 18.8. The normalized spacial score (nSPS) is 13.1. The summed E-state index contributed by atoms with van der Waals surface area (Å²) < 4.78 is 26.8. The van der Waals surface area contributed by atoms with Crippen molar-refractivity contribution in [2.75, 3.05) is 0 Å². The molecule has 0 spiro atoms. The van der Waals surface area contributed by atoms with Crippen molar-refractivity contribution in [3.63, 3.8) is 0 Å².